The van der Waals surface area contributed by atoms with Gasteiger partial charge in [0.05, 0.1) is 21.9 Å². The van der Waals surface area contributed by atoms with E-state index in [-0.39, 0.29) is 38.5 Å². The van der Waals surface area contributed by atoms with Crippen LogP contribution in [0.4, 0.5) is 43.9 Å². The molecule has 0 unspecified atom stereocenters. The number of aryl methyl sites for hydroxylation is 5. The molecule has 0 bridgehead atoms. The molecule has 13 heteroatoms. The first-order valence-corrected chi connectivity index (χ1v) is 21.3. The van der Waals surface area contributed by atoms with Crippen LogP contribution >= 0.6 is 0 Å². The Morgan fingerprint density at radius 1 is 0.296 bits per heavy atom. The normalized spacial score (nSPS) is 10.4. The molecule has 0 saturated carbocycles. The van der Waals surface area contributed by atoms with Crippen molar-refractivity contribution in [2.24, 2.45) is 0 Å². The zero-order valence-electron chi connectivity index (χ0n) is 38.3. The van der Waals surface area contributed by atoms with Gasteiger partial charge in [-0.25, -0.2) is 43.9 Å². The maximum absolute atomic E-state index is 13.6. The van der Waals surface area contributed by atoms with Crippen LogP contribution in [0.3, 0.4) is 0 Å². The molecule has 0 N–H and O–H groups in total. The van der Waals surface area contributed by atoms with Crippen LogP contribution < -0.4 is 0 Å². The van der Waals surface area contributed by atoms with Gasteiger partial charge >= 0.3 is 0 Å². The summed E-state index contributed by atoms with van der Waals surface area (Å²) >= 11 is 0. The summed E-state index contributed by atoms with van der Waals surface area (Å²) in [6, 6.07) is 38.4. The number of hydrogen-bond acceptors (Lipinski definition) is 3. The summed E-state index contributed by atoms with van der Waals surface area (Å²) in [5.41, 5.74) is 3.24. The highest BCUT2D eigenvalue weighted by atomic mass is 19.2. The van der Waals surface area contributed by atoms with E-state index in [1.54, 1.807) is 81.4 Å². The Balaban J connectivity index is 0.000000146. The Labute approximate surface area is 401 Å². The maximum Gasteiger partial charge on any atom is 0.166 e. The van der Waals surface area contributed by atoms with Crippen LogP contribution in [-0.2, 0) is 0 Å². The van der Waals surface area contributed by atoms with E-state index in [0.29, 0.717) is 21.7 Å². The molecule has 10 aromatic rings. The molecule has 0 heterocycles. The van der Waals surface area contributed by atoms with E-state index in [0.717, 1.165) is 51.0 Å². The van der Waals surface area contributed by atoms with Crippen molar-refractivity contribution in [3.8, 4) is 18.2 Å². The van der Waals surface area contributed by atoms with Crippen molar-refractivity contribution in [2.75, 3.05) is 0 Å². The summed E-state index contributed by atoms with van der Waals surface area (Å²) in [4.78, 5) is 0. The van der Waals surface area contributed by atoms with Crippen molar-refractivity contribution in [3.05, 3.63) is 236 Å². The summed E-state index contributed by atoms with van der Waals surface area (Å²) in [6.45, 7) is 9.04. The second-order valence-corrected chi connectivity index (χ2v) is 16.4. The minimum Gasteiger partial charge on any atom is -0.207 e. The molecule has 0 aliphatic heterocycles. The van der Waals surface area contributed by atoms with E-state index in [1.165, 1.54) is 54.1 Å². The topological polar surface area (TPSA) is 71.4 Å². The number of nitrogens with zero attached hydrogens (tertiary/aromatic N) is 3. The second-order valence-electron chi connectivity index (χ2n) is 16.4. The standard InChI is InChI=1S/C12H6F3N.2C12H7F2N.C11H8F2.C11H9F/c1-6-2-7-4-9(13)8(5-16)12(15)11(7)10(14)3-6;1-7-2-8-5-11(13)9(6-15)4-10(8)12(14)3-7;1-7-4-8-2-3-9(6-15)12(14)11(8)10(13)5-7;1-7-2-4-9-8(6-7)3-5-10(12)11(9)13;1-8-2-3-10-7-11(12)5-4-9(10)6-8/h2-4H,1H3;2*2-5H,1H3;2-6H,1H3;2-7H,1H3. The monoisotopic (exact) mass is 965 g/mol. The fraction of sp³-hybridized carbons (Fsp3) is 0.0862. The van der Waals surface area contributed by atoms with Crippen LogP contribution in [0.2, 0.25) is 0 Å². The number of nitriles is 3. The van der Waals surface area contributed by atoms with Crippen LogP contribution in [-0.4, -0.2) is 0 Å². The summed E-state index contributed by atoms with van der Waals surface area (Å²) < 4.78 is 133. The van der Waals surface area contributed by atoms with Gasteiger partial charge in [-0.15, -0.1) is 0 Å². The third-order valence-electron chi connectivity index (χ3n) is 10.9. The molecule has 0 amide bonds. The van der Waals surface area contributed by atoms with Crippen molar-refractivity contribution in [3.63, 3.8) is 0 Å². The summed E-state index contributed by atoms with van der Waals surface area (Å²) in [5.74, 6) is -7.10. The lowest BCUT2D eigenvalue weighted by atomic mass is 10.0. The van der Waals surface area contributed by atoms with Crippen molar-refractivity contribution in [1.82, 2.24) is 0 Å². The predicted molar refractivity (Wildman–Crippen MR) is 257 cm³/mol. The maximum atomic E-state index is 13.6. The van der Waals surface area contributed by atoms with Gasteiger partial charge in [-0.3, -0.25) is 0 Å². The zero-order valence-corrected chi connectivity index (χ0v) is 38.3. The molecule has 0 saturated heterocycles. The summed E-state index contributed by atoms with van der Waals surface area (Å²) in [7, 11) is 0. The first-order chi connectivity index (χ1) is 33.7. The number of fused-ring (bicyclic) bond motifs is 5. The van der Waals surface area contributed by atoms with Crippen molar-refractivity contribution < 1.29 is 43.9 Å². The molecule has 71 heavy (non-hydrogen) atoms. The lowest BCUT2D eigenvalue weighted by Crippen LogP contribution is -1.95. The van der Waals surface area contributed by atoms with Gasteiger partial charge in [0.25, 0.3) is 0 Å². The SMILES string of the molecule is Cc1cc(F)c2c(F)c(C#N)c(F)cc2c1.Cc1cc(F)c2c(F)c(C#N)ccc2c1.Cc1cc(F)c2cc(C#N)c(F)cc2c1.Cc1ccc2c(F)c(F)ccc2c1.Cc1ccc2cc(F)ccc2c1. The second kappa shape index (κ2) is 22.1. The minimum atomic E-state index is -1.14. The molecule has 0 spiro atoms. The fourth-order valence-electron chi connectivity index (χ4n) is 7.54. The minimum absolute atomic E-state index is 0.111. The van der Waals surface area contributed by atoms with Gasteiger partial charge < -0.3 is 0 Å². The molecular formula is C58H37F10N3. The van der Waals surface area contributed by atoms with Crippen LogP contribution in [0.15, 0.2) is 133 Å². The Hall–Kier alpha value is -8.73. The van der Waals surface area contributed by atoms with E-state index in [9.17, 15) is 43.9 Å². The fourth-order valence-corrected chi connectivity index (χ4v) is 7.54. The predicted octanol–water partition coefficient (Wildman–Crippen LogP) is 16.7. The third kappa shape index (κ3) is 11.9. The highest BCUT2D eigenvalue weighted by Crippen LogP contribution is 2.29. The first-order valence-electron chi connectivity index (χ1n) is 21.3. The van der Waals surface area contributed by atoms with E-state index < -0.39 is 57.9 Å². The Bertz CT molecular complexity index is 3770. The summed E-state index contributed by atoms with van der Waals surface area (Å²) in [6.07, 6.45) is 0. The Morgan fingerprint density at radius 3 is 1.42 bits per heavy atom. The van der Waals surface area contributed by atoms with Crippen molar-refractivity contribution >= 4 is 53.9 Å². The molecule has 0 aromatic heterocycles. The molecule has 10 rings (SSSR count). The van der Waals surface area contributed by atoms with E-state index >= 15 is 0 Å². The number of hydrogen-bond donors (Lipinski definition) is 0. The average Bonchev–Trinajstić information content (AvgIpc) is 3.30. The van der Waals surface area contributed by atoms with Gasteiger partial charge in [0, 0.05) is 10.8 Å². The van der Waals surface area contributed by atoms with Crippen molar-refractivity contribution in [2.45, 2.75) is 34.6 Å². The number of benzene rings is 10. The molecule has 3 nitrogen and oxygen atoms in total. The molecule has 0 radical (unpaired) electrons. The van der Waals surface area contributed by atoms with Crippen LogP contribution in [0.1, 0.15) is 44.5 Å². The highest BCUT2D eigenvalue weighted by molar-refractivity contribution is 5.88. The lowest BCUT2D eigenvalue weighted by molar-refractivity contribution is 0.517. The number of rotatable bonds is 0. The Morgan fingerprint density at radius 2 is 0.789 bits per heavy atom. The largest absolute Gasteiger partial charge is 0.207 e. The molecular weight excluding hydrogens is 929 g/mol. The van der Waals surface area contributed by atoms with E-state index in [2.05, 4.69) is 6.07 Å². The third-order valence-corrected chi connectivity index (χ3v) is 10.9. The quantitative estimate of drug-likeness (QED) is 0.142. The average molecular weight is 966 g/mol. The van der Waals surface area contributed by atoms with Crippen LogP contribution in [0, 0.1) is 127 Å². The lowest BCUT2D eigenvalue weighted by Gasteiger charge is -2.05. The molecule has 354 valence electrons. The molecule has 0 atom stereocenters. The van der Waals surface area contributed by atoms with Gasteiger partial charge in [0.1, 0.15) is 58.7 Å². The smallest absolute Gasteiger partial charge is 0.166 e. The molecule has 0 aliphatic carbocycles. The summed E-state index contributed by atoms with van der Waals surface area (Å²) in [5, 5.41) is 29.8. The molecule has 10 aromatic carbocycles. The van der Waals surface area contributed by atoms with Crippen LogP contribution in [0.25, 0.3) is 53.9 Å². The van der Waals surface area contributed by atoms with Gasteiger partial charge in [0.2, 0.25) is 0 Å². The van der Waals surface area contributed by atoms with Gasteiger partial charge in [-0.05, 0) is 144 Å². The Kier molecular flexibility index (Phi) is 16.1. The van der Waals surface area contributed by atoms with E-state index in [1.807, 2.05) is 32.0 Å². The van der Waals surface area contributed by atoms with E-state index in [4.69, 9.17) is 15.8 Å². The van der Waals surface area contributed by atoms with Gasteiger partial charge in [-0.1, -0.05) is 83.9 Å². The van der Waals surface area contributed by atoms with Gasteiger partial charge in [-0.2, -0.15) is 15.8 Å². The van der Waals surface area contributed by atoms with Gasteiger partial charge in [0.15, 0.2) is 23.3 Å². The number of halogens is 10. The zero-order chi connectivity index (χ0) is 51.8. The highest BCUT2D eigenvalue weighted by Gasteiger charge is 2.17. The first kappa shape index (κ1) is 51.7. The molecule has 0 aliphatic rings. The molecule has 0 fully saturated rings. The van der Waals surface area contributed by atoms with Crippen LogP contribution in [0.5, 0.6) is 0 Å². The van der Waals surface area contributed by atoms with Crippen molar-refractivity contribution in [1.29, 1.82) is 15.8 Å².